The minimum atomic E-state index is 0.775. The lowest BCUT2D eigenvalue weighted by Gasteiger charge is -2.18. The fourth-order valence-corrected chi connectivity index (χ4v) is 3.78. The van der Waals surface area contributed by atoms with E-state index in [1.54, 1.807) is 0 Å². The Balaban J connectivity index is 0.000000180. The molecule has 3 heterocycles. The molecule has 0 radical (unpaired) electrons. The zero-order valence-corrected chi connectivity index (χ0v) is 17.4. The van der Waals surface area contributed by atoms with Crippen molar-refractivity contribution in [1.29, 1.82) is 0 Å². The molecule has 0 spiro atoms. The molecule has 0 saturated carbocycles. The normalized spacial score (nSPS) is 27.4. The van der Waals surface area contributed by atoms with E-state index in [4.69, 9.17) is 0 Å². The molecule has 0 aromatic carbocycles. The van der Waals surface area contributed by atoms with Gasteiger partial charge in [-0.2, -0.15) is 0 Å². The van der Waals surface area contributed by atoms with Gasteiger partial charge in [-0.25, -0.2) is 0 Å². The van der Waals surface area contributed by atoms with Gasteiger partial charge in [-0.3, -0.25) is 0 Å². The van der Waals surface area contributed by atoms with E-state index in [0.29, 0.717) is 0 Å². The largest absolute Gasteiger partial charge is 0.316 e. The Labute approximate surface area is 152 Å². The van der Waals surface area contributed by atoms with Crippen molar-refractivity contribution in [2.75, 3.05) is 32.7 Å². The van der Waals surface area contributed by atoms with Crippen molar-refractivity contribution in [2.24, 2.45) is 17.8 Å². The smallest absolute Gasteiger partial charge is 0.00905 e. The van der Waals surface area contributed by atoms with Crippen LogP contribution in [-0.2, 0) is 0 Å². The van der Waals surface area contributed by atoms with Gasteiger partial charge in [0, 0.05) is 12.1 Å². The Morgan fingerprint density at radius 3 is 1.71 bits per heavy atom. The minimum absolute atomic E-state index is 0.775. The van der Waals surface area contributed by atoms with Crippen molar-refractivity contribution in [1.82, 2.24) is 15.5 Å². The van der Waals surface area contributed by atoms with Gasteiger partial charge in [0.2, 0.25) is 0 Å². The molecule has 0 aromatic heterocycles. The Bertz CT molecular complexity index is 236. The highest BCUT2D eigenvalue weighted by Gasteiger charge is 2.17. The second-order valence-corrected chi connectivity index (χ2v) is 8.78. The fraction of sp³-hybridized carbons (Fsp3) is 1.00. The van der Waals surface area contributed by atoms with Gasteiger partial charge >= 0.3 is 0 Å². The molecule has 0 bridgehead atoms. The first-order valence-electron chi connectivity index (χ1n) is 10.6. The topological polar surface area (TPSA) is 27.3 Å². The second-order valence-electron chi connectivity index (χ2n) is 8.78. The van der Waals surface area contributed by atoms with Crippen molar-refractivity contribution >= 4 is 0 Å². The summed E-state index contributed by atoms with van der Waals surface area (Å²) in [4.78, 5) is 2.53. The molecular weight excluding hydrogens is 294 g/mol. The van der Waals surface area contributed by atoms with Crippen LogP contribution < -0.4 is 10.6 Å². The maximum absolute atomic E-state index is 3.46. The summed E-state index contributed by atoms with van der Waals surface area (Å²) in [5.74, 6) is 2.66. The number of nitrogens with zero attached hydrogens (tertiary/aromatic N) is 1. The van der Waals surface area contributed by atoms with Gasteiger partial charge in [-0.15, -0.1) is 0 Å². The molecule has 0 aliphatic carbocycles. The van der Waals surface area contributed by atoms with E-state index in [-0.39, 0.29) is 0 Å². The molecule has 3 heteroatoms. The summed E-state index contributed by atoms with van der Waals surface area (Å²) in [5, 5.41) is 6.81. The molecule has 3 rings (SSSR count). The summed E-state index contributed by atoms with van der Waals surface area (Å²) in [6.45, 7) is 20.1. The molecule has 3 fully saturated rings. The minimum Gasteiger partial charge on any atom is -0.316 e. The summed E-state index contributed by atoms with van der Waals surface area (Å²) >= 11 is 0. The highest BCUT2D eigenvalue weighted by molar-refractivity contribution is 4.76. The van der Waals surface area contributed by atoms with E-state index in [1.165, 1.54) is 64.8 Å². The van der Waals surface area contributed by atoms with Crippen molar-refractivity contribution in [3.8, 4) is 0 Å². The molecule has 24 heavy (non-hydrogen) atoms. The summed E-state index contributed by atoms with van der Waals surface area (Å²) in [6, 6.07) is 1.59. The van der Waals surface area contributed by atoms with Crippen LogP contribution in [0.4, 0.5) is 0 Å². The lowest BCUT2D eigenvalue weighted by Crippen LogP contribution is -2.26. The Morgan fingerprint density at radius 1 is 0.792 bits per heavy atom. The van der Waals surface area contributed by atoms with Gasteiger partial charge in [0.1, 0.15) is 0 Å². The molecule has 0 aromatic rings. The molecule has 3 aliphatic heterocycles. The van der Waals surface area contributed by atoms with E-state index in [2.05, 4.69) is 57.1 Å². The van der Waals surface area contributed by atoms with Crippen LogP contribution >= 0.6 is 0 Å². The average molecular weight is 340 g/mol. The van der Waals surface area contributed by atoms with E-state index < -0.39 is 0 Å². The molecule has 2 unspecified atom stereocenters. The molecule has 3 nitrogen and oxygen atoms in total. The summed E-state index contributed by atoms with van der Waals surface area (Å²) in [7, 11) is 0. The number of rotatable bonds is 3. The first kappa shape index (κ1) is 21.9. The predicted octanol–water partition coefficient (Wildman–Crippen LogP) is 4.14. The van der Waals surface area contributed by atoms with Crippen LogP contribution in [-0.4, -0.2) is 49.7 Å². The SMILES string of the molecule is CC(C)C1CCCN1.CC(C)C1CCNC1.CC(C)N1CCCC1. The first-order valence-corrected chi connectivity index (χ1v) is 10.6. The zero-order valence-electron chi connectivity index (χ0n) is 17.4. The van der Waals surface area contributed by atoms with Gasteiger partial charge in [0.05, 0.1) is 0 Å². The number of hydrogen-bond acceptors (Lipinski definition) is 3. The van der Waals surface area contributed by atoms with Gasteiger partial charge in [0.15, 0.2) is 0 Å². The molecule has 3 aliphatic rings. The summed E-state index contributed by atoms with van der Waals surface area (Å²) in [5.41, 5.74) is 0. The average Bonchev–Trinajstić information content (AvgIpc) is 3.29. The van der Waals surface area contributed by atoms with Crippen LogP contribution in [0.2, 0.25) is 0 Å². The van der Waals surface area contributed by atoms with Crippen molar-refractivity contribution in [3.63, 3.8) is 0 Å². The van der Waals surface area contributed by atoms with Crippen LogP contribution in [0.5, 0.6) is 0 Å². The van der Waals surface area contributed by atoms with Crippen LogP contribution in [0.25, 0.3) is 0 Å². The Morgan fingerprint density at radius 2 is 1.46 bits per heavy atom. The van der Waals surface area contributed by atoms with Gasteiger partial charge in [-0.1, -0.05) is 27.7 Å². The van der Waals surface area contributed by atoms with E-state index in [0.717, 1.165) is 29.8 Å². The first-order chi connectivity index (χ1) is 11.4. The number of nitrogens with one attached hydrogen (secondary N) is 2. The van der Waals surface area contributed by atoms with Crippen LogP contribution in [0.3, 0.4) is 0 Å². The predicted molar refractivity (Wildman–Crippen MR) is 108 cm³/mol. The maximum Gasteiger partial charge on any atom is 0.00905 e. The maximum atomic E-state index is 3.46. The third kappa shape index (κ3) is 8.82. The lowest BCUT2D eigenvalue weighted by molar-refractivity contribution is 0.276. The Kier molecular flexibility index (Phi) is 11.2. The van der Waals surface area contributed by atoms with Crippen molar-refractivity contribution in [3.05, 3.63) is 0 Å². The second kappa shape index (κ2) is 12.3. The summed E-state index contributed by atoms with van der Waals surface area (Å²) in [6.07, 6.45) is 6.98. The number of hydrogen-bond donors (Lipinski definition) is 2. The molecule has 2 N–H and O–H groups in total. The van der Waals surface area contributed by atoms with Gasteiger partial charge in [-0.05, 0) is 96.4 Å². The van der Waals surface area contributed by atoms with Crippen LogP contribution in [0.1, 0.15) is 73.6 Å². The third-order valence-corrected chi connectivity index (χ3v) is 5.82. The lowest BCUT2D eigenvalue weighted by atomic mass is 9.96. The van der Waals surface area contributed by atoms with E-state index >= 15 is 0 Å². The van der Waals surface area contributed by atoms with Crippen molar-refractivity contribution in [2.45, 2.75) is 85.7 Å². The van der Waals surface area contributed by atoms with E-state index in [9.17, 15) is 0 Å². The molecule has 0 amide bonds. The highest BCUT2D eigenvalue weighted by atomic mass is 15.2. The third-order valence-electron chi connectivity index (χ3n) is 5.82. The number of likely N-dealkylation sites (tertiary alicyclic amines) is 1. The molecule has 144 valence electrons. The van der Waals surface area contributed by atoms with Crippen LogP contribution in [0, 0.1) is 17.8 Å². The van der Waals surface area contributed by atoms with Crippen molar-refractivity contribution < 1.29 is 0 Å². The summed E-state index contributed by atoms with van der Waals surface area (Å²) < 4.78 is 0. The standard InChI is InChI=1S/3C7H15N/c1-6(2)7-3-4-8-5-7;1-7(2)8-5-3-4-6-8;1-6(2)7-4-3-5-8-7/h6-8H,3-5H2,1-2H3;7H,3-6H2,1-2H3;6-8H,3-5H2,1-2H3. The quantitative estimate of drug-likeness (QED) is 0.809. The van der Waals surface area contributed by atoms with Crippen LogP contribution in [0.15, 0.2) is 0 Å². The Hall–Kier alpha value is -0.120. The highest BCUT2D eigenvalue weighted by Crippen LogP contribution is 2.16. The van der Waals surface area contributed by atoms with Gasteiger partial charge < -0.3 is 15.5 Å². The van der Waals surface area contributed by atoms with E-state index in [1.807, 2.05) is 0 Å². The molecule has 2 atom stereocenters. The zero-order chi connectivity index (χ0) is 17.9. The fourth-order valence-electron chi connectivity index (χ4n) is 3.78. The molecule has 3 saturated heterocycles. The molecular formula is C21H45N3. The monoisotopic (exact) mass is 339 g/mol. The van der Waals surface area contributed by atoms with Gasteiger partial charge in [0.25, 0.3) is 0 Å².